The molecular weight excluding hydrogens is 472 g/mol. The van der Waals surface area contributed by atoms with Crippen LogP contribution in [0.5, 0.6) is 0 Å². The number of aryl methyl sites for hydroxylation is 1. The van der Waals surface area contributed by atoms with Gasteiger partial charge in [0.2, 0.25) is 23.6 Å². The van der Waals surface area contributed by atoms with Gasteiger partial charge in [0.15, 0.2) is 0 Å². The minimum absolute atomic E-state index is 0.0989. The van der Waals surface area contributed by atoms with E-state index in [0.717, 1.165) is 21.9 Å². The molecule has 0 aliphatic carbocycles. The number of amides is 4. The average Bonchev–Trinajstić information content (AvgIpc) is 2.90. The van der Waals surface area contributed by atoms with Crippen LogP contribution in [0.15, 0.2) is 72.8 Å². The Balaban J connectivity index is 1.61. The number of hydrogen-bond acceptors (Lipinski definition) is 5. The van der Waals surface area contributed by atoms with Gasteiger partial charge in [-0.05, 0) is 28.3 Å². The van der Waals surface area contributed by atoms with Crippen LogP contribution in [0, 0.1) is 0 Å². The summed E-state index contributed by atoms with van der Waals surface area (Å²) in [5, 5.41) is 10.0. The number of fused-ring (bicyclic) bond motifs is 1. The highest BCUT2D eigenvalue weighted by Gasteiger charge is 2.28. The van der Waals surface area contributed by atoms with Crippen LogP contribution in [-0.4, -0.2) is 49.4 Å². The number of rotatable bonds is 13. The number of primary amides is 1. The highest BCUT2D eigenvalue weighted by atomic mass is 16.5. The molecule has 3 rings (SSSR count). The molecule has 4 amide bonds. The molecule has 3 aromatic rings. The Morgan fingerprint density at radius 1 is 0.838 bits per heavy atom. The second-order valence-corrected chi connectivity index (χ2v) is 8.65. The molecule has 194 valence electrons. The fourth-order valence-electron chi connectivity index (χ4n) is 3.95. The topological polar surface area (TPSA) is 140 Å². The summed E-state index contributed by atoms with van der Waals surface area (Å²) in [5.41, 5.74) is 7.20. The van der Waals surface area contributed by atoms with Crippen LogP contribution in [0.4, 0.5) is 0 Å². The lowest BCUT2D eigenvalue weighted by Gasteiger charge is -2.22. The molecular formula is C28H32N4O5. The summed E-state index contributed by atoms with van der Waals surface area (Å²) in [4.78, 5) is 49.9. The third-order valence-electron chi connectivity index (χ3n) is 5.84. The van der Waals surface area contributed by atoms with Gasteiger partial charge in [-0.15, -0.1) is 0 Å². The van der Waals surface area contributed by atoms with Gasteiger partial charge in [-0.3, -0.25) is 19.2 Å². The molecule has 0 radical (unpaired) electrons. The van der Waals surface area contributed by atoms with Crippen molar-refractivity contribution in [3.8, 4) is 0 Å². The largest absolute Gasteiger partial charge is 0.382 e. The normalized spacial score (nSPS) is 12.4. The van der Waals surface area contributed by atoms with Gasteiger partial charge in [0.05, 0.1) is 13.0 Å². The SMILES string of the molecule is COCC(NC(=O)C(CC(N)=O)NC(=O)CCc1ccccc1)C(=O)NCc1cccc2ccccc12. The highest BCUT2D eigenvalue weighted by molar-refractivity contribution is 5.95. The van der Waals surface area contributed by atoms with Gasteiger partial charge in [-0.25, -0.2) is 0 Å². The quantitative estimate of drug-likeness (QED) is 0.280. The number of carbonyl (C=O) groups excluding carboxylic acids is 4. The maximum absolute atomic E-state index is 13.0. The Labute approximate surface area is 215 Å². The molecule has 37 heavy (non-hydrogen) atoms. The second-order valence-electron chi connectivity index (χ2n) is 8.65. The zero-order valence-corrected chi connectivity index (χ0v) is 20.7. The third-order valence-corrected chi connectivity index (χ3v) is 5.84. The van der Waals surface area contributed by atoms with Gasteiger partial charge in [0.25, 0.3) is 0 Å². The summed E-state index contributed by atoms with van der Waals surface area (Å²) >= 11 is 0. The molecule has 0 saturated carbocycles. The molecule has 9 nitrogen and oxygen atoms in total. The molecule has 3 aromatic carbocycles. The number of nitrogens with one attached hydrogen (secondary N) is 3. The van der Waals surface area contributed by atoms with Gasteiger partial charge in [0.1, 0.15) is 12.1 Å². The van der Waals surface area contributed by atoms with Crippen LogP contribution in [0.25, 0.3) is 10.8 Å². The number of carbonyl (C=O) groups is 4. The lowest BCUT2D eigenvalue weighted by molar-refractivity contribution is -0.134. The molecule has 0 saturated heterocycles. The van der Waals surface area contributed by atoms with Gasteiger partial charge in [0, 0.05) is 20.1 Å². The molecule has 0 aliphatic heterocycles. The van der Waals surface area contributed by atoms with E-state index in [-0.39, 0.29) is 19.6 Å². The van der Waals surface area contributed by atoms with Gasteiger partial charge >= 0.3 is 0 Å². The van der Waals surface area contributed by atoms with Crippen LogP contribution >= 0.6 is 0 Å². The van der Waals surface area contributed by atoms with Crippen molar-refractivity contribution in [2.45, 2.75) is 37.9 Å². The predicted octanol–water partition coefficient (Wildman–Crippen LogP) is 1.58. The standard InChI is InChI=1S/C28H32N4O5/c1-37-18-24(27(35)30-17-21-12-7-11-20-10-5-6-13-22(20)21)32-28(36)23(16-25(29)33)31-26(34)15-14-19-8-3-2-4-9-19/h2-13,23-24H,14-18H2,1H3,(H2,29,33)(H,30,35)(H,31,34)(H,32,36). The first-order chi connectivity index (χ1) is 17.9. The van der Waals surface area contributed by atoms with E-state index >= 15 is 0 Å². The first-order valence-corrected chi connectivity index (χ1v) is 12.0. The van der Waals surface area contributed by atoms with E-state index in [4.69, 9.17) is 10.5 Å². The zero-order chi connectivity index (χ0) is 26.6. The Kier molecular flexibility index (Phi) is 10.2. The van der Waals surface area contributed by atoms with Crippen LogP contribution in [-0.2, 0) is 36.9 Å². The minimum Gasteiger partial charge on any atom is -0.382 e. The van der Waals surface area contributed by atoms with Crippen molar-refractivity contribution in [1.82, 2.24) is 16.0 Å². The predicted molar refractivity (Wildman–Crippen MR) is 140 cm³/mol. The Morgan fingerprint density at radius 3 is 2.27 bits per heavy atom. The summed E-state index contributed by atoms with van der Waals surface area (Å²) in [6.45, 7) is 0.148. The fourth-order valence-corrected chi connectivity index (χ4v) is 3.95. The van der Waals surface area contributed by atoms with E-state index in [9.17, 15) is 19.2 Å². The molecule has 0 aromatic heterocycles. The highest BCUT2D eigenvalue weighted by Crippen LogP contribution is 2.18. The summed E-state index contributed by atoms with van der Waals surface area (Å²) in [6, 6.07) is 20.8. The number of nitrogens with two attached hydrogens (primary N) is 1. The smallest absolute Gasteiger partial charge is 0.245 e. The van der Waals surface area contributed by atoms with Crippen LogP contribution < -0.4 is 21.7 Å². The van der Waals surface area contributed by atoms with Gasteiger partial charge < -0.3 is 26.4 Å². The first-order valence-electron chi connectivity index (χ1n) is 12.0. The summed E-state index contributed by atoms with van der Waals surface area (Å²) < 4.78 is 5.12. The van der Waals surface area contributed by atoms with Crippen LogP contribution in [0.3, 0.4) is 0 Å². The summed E-state index contributed by atoms with van der Waals surface area (Å²) in [7, 11) is 1.41. The monoisotopic (exact) mass is 504 g/mol. The molecule has 5 N–H and O–H groups in total. The van der Waals surface area contributed by atoms with Crippen LogP contribution in [0.1, 0.15) is 24.0 Å². The number of methoxy groups -OCH3 is 1. The van der Waals surface area contributed by atoms with Crippen molar-refractivity contribution >= 4 is 34.4 Å². The number of benzene rings is 3. The Hall–Kier alpha value is -4.24. The average molecular weight is 505 g/mol. The van der Waals surface area contributed by atoms with Crippen molar-refractivity contribution in [1.29, 1.82) is 0 Å². The molecule has 0 heterocycles. The Bertz CT molecular complexity index is 1230. The van der Waals surface area contributed by atoms with Crippen molar-refractivity contribution in [3.05, 3.63) is 83.9 Å². The van der Waals surface area contributed by atoms with E-state index in [0.29, 0.717) is 6.42 Å². The maximum Gasteiger partial charge on any atom is 0.245 e. The van der Waals surface area contributed by atoms with Crippen molar-refractivity contribution in [3.63, 3.8) is 0 Å². The summed E-state index contributed by atoms with van der Waals surface area (Å²) in [6.07, 6.45) is 0.195. The van der Waals surface area contributed by atoms with Gasteiger partial charge in [-0.2, -0.15) is 0 Å². The maximum atomic E-state index is 13.0. The van der Waals surface area contributed by atoms with Crippen molar-refractivity contribution in [2.24, 2.45) is 5.73 Å². The third kappa shape index (κ3) is 8.43. The zero-order valence-electron chi connectivity index (χ0n) is 20.7. The lowest BCUT2D eigenvalue weighted by atomic mass is 10.0. The Morgan fingerprint density at radius 2 is 1.54 bits per heavy atom. The fraction of sp³-hybridized carbons (Fsp3) is 0.286. The van der Waals surface area contributed by atoms with E-state index in [1.165, 1.54) is 7.11 Å². The number of ether oxygens (including phenoxy) is 1. The van der Waals surface area contributed by atoms with Crippen molar-refractivity contribution < 1.29 is 23.9 Å². The molecule has 0 spiro atoms. The minimum atomic E-state index is -1.22. The molecule has 0 fully saturated rings. The summed E-state index contributed by atoms with van der Waals surface area (Å²) in [5.74, 6) is -2.33. The van der Waals surface area contributed by atoms with E-state index in [1.807, 2.05) is 72.8 Å². The lowest BCUT2D eigenvalue weighted by Crippen LogP contribution is -2.55. The molecule has 0 bridgehead atoms. The van der Waals surface area contributed by atoms with Gasteiger partial charge in [-0.1, -0.05) is 72.8 Å². The second kappa shape index (κ2) is 13.7. The first kappa shape index (κ1) is 27.3. The van der Waals surface area contributed by atoms with Crippen molar-refractivity contribution in [2.75, 3.05) is 13.7 Å². The molecule has 9 heteroatoms. The van der Waals surface area contributed by atoms with Crippen LogP contribution in [0.2, 0.25) is 0 Å². The number of hydrogen-bond donors (Lipinski definition) is 4. The van der Waals surface area contributed by atoms with E-state index < -0.39 is 42.1 Å². The van der Waals surface area contributed by atoms with E-state index in [1.54, 1.807) is 0 Å². The molecule has 0 aliphatic rings. The molecule has 2 atom stereocenters. The molecule has 2 unspecified atom stereocenters. The van der Waals surface area contributed by atoms with E-state index in [2.05, 4.69) is 16.0 Å².